The number of aromatic nitrogens is 2. The number of anilines is 2. The standard InChI is InChI=1S/C14H25N5/c1-4-12-17-13(8-14(18-12)19-15)16-11-6-5-9(2)10(3)7-11/h8-11H,4-7,15H2,1-3H3,(H2,16,17,18,19). The highest BCUT2D eigenvalue weighted by Crippen LogP contribution is 2.30. The van der Waals surface area contributed by atoms with Crippen molar-refractivity contribution >= 4 is 11.6 Å². The molecule has 0 saturated heterocycles. The van der Waals surface area contributed by atoms with E-state index in [1.54, 1.807) is 0 Å². The third-order valence-corrected chi connectivity index (χ3v) is 4.19. The minimum atomic E-state index is 0.511. The van der Waals surface area contributed by atoms with Gasteiger partial charge < -0.3 is 10.7 Å². The van der Waals surface area contributed by atoms with Crippen LogP contribution >= 0.6 is 0 Å². The van der Waals surface area contributed by atoms with Crippen LogP contribution in [0.1, 0.15) is 45.9 Å². The first kappa shape index (κ1) is 14.1. The minimum absolute atomic E-state index is 0.511. The number of nitrogens with two attached hydrogens (primary N) is 1. The smallest absolute Gasteiger partial charge is 0.145 e. The second-order valence-corrected chi connectivity index (χ2v) is 5.66. The molecule has 5 heteroatoms. The molecular formula is C14H25N5. The van der Waals surface area contributed by atoms with Gasteiger partial charge in [-0.15, -0.1) is 0 Å². The molecule has 2 rings (SSSR count). The molecule has 1 saturated carbocycles. The first-order valence-corrected chi connectivity index (χ1v) is 7.23. The van der Waals surface area contributed by atoms with Gasteiger partial charge in [0.15, 0.2) is 0 Å². The number of aryl methyl sites for hydroxylation is 1. The van der Waals surface area contributed by atoms with Crippen molar-refractivity contribution in [1.29, 1.82) is 0 Å². The van der Waals surface area contributed by atoms with Crippen LogP contribution in [0.5, 0.6) is 0 Å². The van der Waals surface area contributed by atoms with E-state index in [0.29, 0.717) is 11.9 Å². The van der Waals surface area contributed by atoms with Crippen LogP contribution in [0.4, 0.5) is 11.6 Å². The zero-order valence-electron chi connectivity index (χ0n) is 12.1. The Morgan fingerprint density at radius 2 is 1.95 bits per heavy atom. The molecule has 1 heterocycles. The number of hydrogen-bond acceptors (Lipinski definition) is 5. The minimum Gasteiger partial charge on any atom is -0.367 e. The molecular weight excluding hydrogens is 238 g/mol. The van der Waals surface area contributed by atoms with Gasteiger partial charge in [-0.3, -0.25) is 0 Å². The van der Waals surface area contributed by atoms with Gasteiger partial charge in [0.1, 0.15) is 17.5 Å². The monoisotopic (exact) mass is 263 g/mol. The lowest BCUT2D eigenvalue weighted by atomic mass is 9.79. The topological polar surface area (TPSA) is 75.9 Å². The second-order valence-electron chi connectivity index (χ2n) is 5.66. The van der Waals surface area contributed by atoms with E-state index in [1.165, 1.54) is 19.3 Å². The molecule has 0 amide bonds. The number of rotatable bonds is 4. The Kier molecular flexibility index (Phi) is 4.58. The van der Waals surface area contributed by atoms with Crippen molar-refractivity contribution in [2.24, 2.45) is 17.7 Å². The summed E-state index contributed by atoms with van der Waals surface area (Å²) in [5, 5.41) is 3.53. The van der Waals surface area contributed by atoms with Gasteiger partial charge in [-0.2, -0.15) is 0 Å². The van der Waals surface area contributed by atoms with Gasteiger partial charge in [-0.1, -0.05) is 20.8 Å². The van der Waals surface area contributed by atoms with E-state index in [1.807, 2.05) is 13.0 Å². The van der Waals surface area contributed by atoms with Crippen molar-refractivity contribution in [3.63, 3.8) is 0 Å². The van der Waals surface area contributed by atoms with Crippen molar-refractivity contribution < 1.29 is 0 Å². The molecule has 19 heavy (non-hydrogen) atoms. The van der Waals surface area contributed by atoms with Crippen LogP contribution in [0.2, 0.25) is 0 Å². The van der Waals surface area contributed by atoms with Crippen molar-refractivity contribution in [3.05, 3.63) is 11.9 Å². The quantitative estimate of drug-likeness (QED) is 0.575. The lowest BCUT2D eigenvalue weighted by Crippen LogP contribution is -2.30. The lowest BCUT2D eigenvalue weighted by molar-refractivity contribution is 0.260. The van der Waals surface area contributed by atoms with Crippen LogP contribution < -0.4 is 16.6 Å². The molecule has 1 aromatic heterocycles. The summed E-state index contributed by atoms with van der Waals surface area (Å²) in [4.78, 5) is 8.82. The van der Waals surface area contributed by atoms with Gasteiger partial charge in [0.2, 0.25) is 0 Å². The fourth-order valence-electron chi connectivity index (χ4n) is 2.69. The predicted molar refractivity (Wildman–Crippen MR) is 78.8 cm³/mol. The van der Waals surface area contributed by atoms with Crippen molar-refractivity contribution in [1.82, 2.24) is 9.97 Å². The summed E-state index contributed by atoms with van der Waals surface area (Å²) in [5.74, 6) is 9.42. The molecule has 1 aliphatic rings. The zero-order valence-corrected chi connectivity index (χ0v) is 12.1. The average molecular weight is 263 g/mol. The van der Waals surface area contributed by atoms with E-state index in [2.05, 4.69) is 34.6 Å². The van der Waals surface area contributed by atoms with E-state index < -0.39 is 0 Å². The SMILES string of the molecule is CCc1nc(NN)cc(NC2CCC(C)C(C)C2)n1. The molecule has 0 radical (unpaired) electrons. The average Bonchev–Trinajstić information content (AvgIpc) is 2.42. The van der Waals surface area contributed by atoms with Gasteiger partial charge in [0.25, 0.3) is 0 Å². The normalized spacial score (nSPS) is 27.1. The highest BCUT2D eigenvalue weighted by atomic mass is 15.3. The van der Waals surface area contributed by atoms with Crippen LogP contribution in [0.15, 0.2) is 6.07 Å². The first-order chi connectivity index (χ1) is 9.12. The molecule has 3 atom stereocenters. The zero-order chi connectivity index (χ0) is 13.8. The van der Waals surface area contributed by atoms with Crippen molar-refractivity contribution in [2.75, 3.05) is 10.7 Å². The molecule has 3 unspecified atom stereocenters. The third-order valence-electron chi connectivity index (χ3n) is 4.19. The molecule has 0 spiro atoms. The number of nitrogen functional groups attached to an aromatic ring is 1. The summed E-state index contributed by atoms with van der Waals surface area (Å²) in [6.45, 7) is 6.73. The van der Waals surface area contributed by atoms with Crippen molar-refractivity contribution in [3.8, 4) is 0 Å². The van der Waals surface area contributed by atoms with Gasteiger partial charge >= 0.3 is 0 Å². The summed E-state index contributed by atoms with van der Waals surface area (Å²) in [6.07, 6.45) is 4.51. The number of hydrogen-bond donors (Lipinski definition) is 3. The van der Waals surface area contributed by atoms with Crippen LogP contribution in [0.25, 0.3) is 0 Å². The Hall–Kier alpha value is -1.36. The van der Waals surface area contributed by atoms with Gasteiger partial charge in [-0.25, -0.2) is 15.8 Å². The van der Waals surface area contributed by atoms with Gasteiger partial charge in [0, 0.05) is 18.5 Å². The van der Waals surface area contributed by atoms with E-state index in [9.17, 15) is 0 Å². The Labute approximate surface area is 115 Å². The van der Waals surface area contributed by atoms with E-state index >= 15 is 0 Å². The Balaban J connectivity index is 2.06. The summed E-state index contributed by atoms with van der Waals surface area (Å²) in [6, 6.07) is 2.39. The largest absolute Gasteiger partial charge is 0.367 e. The van der Waals surface area contributed by atoms with Crippen LogP contribution in [0, 0.1) is 11.8 Å². The molecule has 0 bridgehead atoms. The van der Waals surface area contributed by atoms with E-state index in [-0.39, 0.29) is 0 Å². The highest BCUT2D eigenvalue weighted by molar-refractivity contribution is 5.47. The fourth-order valence-corrected chi connectivity index (χ4v) is 2.69. The van der Waals surface area contributed by atoms with Gasteiger partial charge in [-0.05, 0) is 31.1 Å². The molecule has 1 aromatic rings. The summed E-state index contributed by atoms with van der Waals surface area (Å²) < 4.78 is 0. The summed E-state index contributed by atoms with van der Waals surface area (Å²) >= 11 is 0. The summed E-state index contributed by atoms with van der Waals surface area (Å²) in [5.41, 5.74) is 2.60. The second kappa shape index (κ2) is 6.19. The molecule has 5 nitrogen and oxygen atoms in total. The maximum Gasteiger partial charge on any atom is 0.145 e. The van der Waals surface area contributed by atoms with Gasteiger partial charge in [0.05, 0.1) is 0 Å². The van der Waals surface area contributed by atoms with E-state index in [0.717, 1.165) is 29.9 Å². The molecule has 1 aliphatic carbocycles. The summed E-state index contributed by atoms with van der Waals surface area (Å²) in [7, 11) is 0. The first-order valence-electron chi connectivity index (χ1n) is 7.23. The van der Waals surface area contributed by atoms with Crippen LogP contribution in [-0.4, -0.2) is 16.0 Å². The maximum atomic E-state index is 5.45. The highest BCUT2D eigenvalue weighted by Gasteiger charge is 2.24. The fraction of sp³-hybridized carbons (Fsp3) is 0.714. The maximum absolute atomic E-state index is 5.45. The third kappa shape index (κ3) is 3.56. The van der Waals surface area contributed by atoms with Crippen LogP contribution in [0.3, 0.4) is 0 Å². The Bertz CT molecular complexity index is 398. The van der Waals surface area contributed by atoms with Crippen LogP contribution in [-0.2, 0) is 6.42 Å². The molecule has 4 N–H and O–H groups in total. The van der Waals surface area contributed by atoms with Crippen molar-refractivity contribution in [2.45, 2.75) is 52.5 Å². The number of nitrogens with one attached hydrogen (secondary N) is 2. The lowest BCUT2D eigenvalue weighted by Gasteiger charge is -2.32. The Morgan fingerprint density at radius 3 is 2.58 bits per heavy atom. The predicted octanol–water partition coefficient (Wildman–Crippen LogP) is 2.56. The van der Waals surface area contributed by atoms with E-state index in [4.69, 9.17) is 5.84 Å². The Morgan fingerprint density at radius 1 is 1.21 bits per heavy atom. The molecule has 106 valence electrons. The number of nitrogens with zero attached hydrogens (tertiary/aromatic N) is 2. The molecule has 1 fully saturated rings. The molecule has 0 aromatic carbocycles. The molecule has 0 aliphatic heterocycles. The number of hydrazine groups is 1.